The fourth-order valence-corrected chi connectivity index (χ4v) is 4.29. The molecule has 0 aliphatic rings. The van der Waals surface area contributed by atoms with Crippen LogP contribution in [0.2, 0.25) is 0 Å². The van der Waals surface area contributed by atoms with Crippen LogP contribution in [0.15, 0.2) is 47.4 Å². The SMILES string of the molecule is CC(=O)Nc1c(OCc2cccc(S(=O)(=O)N(C)C)c2)n(C)c2c(C)cccc12. The lowest BCUT2D eigenvalue weighted by atomic mass is 10.1. The van der Waals surface area contributed by atoms with Gasteiger partial charge < -0.3 is 14.6 Å². The molecule has 0 saturated heterocycles. The molecule has 1 amide bonds. The number of benzene rings is 2. The molecule has 7 nitrogen and oxygen atoms in total. The van der Waals surface area contributed by atoms with Gasteiger partial charge in [0.1, 0.15) is 12.3 Å². The molecule has 0 radical (unpaired) electrons. The maximum atomic E-state index is 12.4. The first kappa shape index (κ1) is 20.9. The molecule has 1 aromatic heterocycles. The van der Waals surface area contributed by atoms with Crippen molar-refractivity contribution in [2.75, 3.05) is 19.4 Å². The lowest BCUT2D eigenvalue weighted by Crippen LogP contribution is -2.22. The van der Waals surface area contributed by atoms with Crippen LogP contribution in [-0.2, 0) is 28.5 Å². The lowest BCUT2D eigenvalue weighted by Gasteiger charge is -2.14. The normalized spacial score (nSPS) is 11.8. The third kappa shape index (κ3) is 3.99. The molecular formula is C21H25N3O4S. The van der Waals surface area contributed by atoms with E-state index in [9.17, 15) is 13.2 Å². The summed E-state index contributed by atoms with van der Waals surface area (Å²) in [5, 5.41) is 3.75. The predicted octanol–water partition coefficient (Wildman–Crippen LogP) is 3.27. The average Bonchev–Trinajstić information content (AvgIpc) is 2.92. The second-order valence-corrected chi connectivity index (χ2v) is 9.27. The molecule has 2 aromatic carbocycles. The van der Waals surface area contributed by atoms with Crippen LogP contribution in [-0.4, -0.2) is 37.3 Å². The maximum Gasteiger partial charge on any atom is 0.242 e. The number of carbonyl (C=O) groups is 1. The van der Waals surface area contributed by atoms with Crippen LogP contribution in [0.3, 0.4) is 0 Å². The highest BCUT2D eigenvalue weighted by molar-refractivity contribution is 7.89. The van der Waals surface area contributed by atoms with E-state index in [0.717, 1.165) is 16.5 Å². The van der Waals surface area contributed by atoms with Crippen molar-refractivity contribution in [1.82, 2.24) is 8.87 Å². The van der Waals surface area contributed by atoms with Gasteiger partial charge in [-0.1, -0.05) is 30.3 Å². The largest absolute Gasteiger partial charge is 0.472 e. The molecule has 3 rings (SSSR count). The molecule has 0 fully saturated rings. The highest BCUT2D eigenvalue weighted by Crippen LogP contribution is 2.38. The van der Waals surface area contributed by atoms with Gasteiger partial charge in [0, 0.05) is 33.5 Å². The van der Waals surface area contributed by atoms with E-state index < -0.39 is 10.0 Å². The van der Waals surface area contributed by atoms with Crippen molar-refractivity contribution in [2.45, 2.75) is 25.3 Å². The summed E-state index contributed by atoms with van der Waals surface area (Å²) < 4.78 is 33.9. The fraction of sp³-hybridized carbons (Fsp3) is 0.286. The second-order valence-electron chi connectivity index (χ2n) is 7.11. The van der Waals surface area contributed by atoms with Gasteiger partial charge >= 0.3 is 0 Å². The van der Waals surface area contributed by atoms with Crippen molar-refractivity contribution in [1.29, 1.82) is 0 Å². The van der Waals surface area contributed by atoms with Crippen molar-refractivity contribution >= 4 is 32.5 Å². The molecule has 1 N–H and O–H groups in total. The smallest absolute Gasteiger partial charge is 0.242 e. The molecule has 0 unspecified atom stereocenters. The minimum atomic E-state index is -3.53. The number of aromatic nitrogens is 1. The first-order chi connectivity index (χ1) is 13.6. The maximum absolute atomic E-state index is 12.4. The van der Waals surface area contributed by atoms with Gasteiger partial charge in [0.25, 0.3) is 0 Å². The number of hydrogen-bond acceptors (Lipinski definition) is 4. The van der Waals surface area contributed by atoms with E-state index in [1.54, 1.807) is 24.3 Å². The number of ether oxygens (including phenoxy) is 1. The Kier molecular flexibility index (Phi) is 5.68. The van der Waals surface area contributed by atoms with Crippen molar-refractivity contribution in [3.05, 3.63) is 53.6 Å². The zero-order valence-electron chi connectivity index (χ0n) is 17.2. The molecule has 0 bridgehead atoms. The Morgan fingerprint density at radius 2 is 1.86 bits per heavy atom. The standard InChI is InChI=1S/C21H25N3O4S/c1-14-8-6-11-18-19(22-15(2)25)21(24(5)20(14)18)28-13-16-9-7-10-17(12-16)29(26,27)23(3)4/h6-12H,13H2,1-5H3,(H,22,25). The first-order valence-corrected chi connectivity index (χ1v) is 10.6. The third-order valence-electron chi connectivity index (χ3n) is 4.71. The van der Waals surface area contributed by atoms with Crippen LogP contribution in [0.25, 0.3) is 10.9 Å². The number of aryl methyl sites for hydroxylation is 2. The topological polar surface area (TPSA) is 80.6 Å². The van der Waals surface area contributed by atoms with Crippen molar-refractivity contribution in [3.8, 4) is 5.88 Å². The molecule has 8 heteroatoms. The van der Waals surface area contributed by atoms with Gasteiger partial charge in [-0.2, -0.15) is 0 Å². The first-order valence-electron chi connectivity index (χ1n) is 9.12. The fourth-order valence-electron chi connectivity index (χ4n) is 3.31. The van der Waals surface area contributed by atoms with Gasteiger partial charge in [-0.25, -0.2) is 12.7 Å². The van der Waals surface area contributed by atoms with E-state index in [-0.39, 0.29) is 17.4 Å². The number of carbonyl (C=O) groups excluding carboxylic acids is 1. The molecule has 0 aliphatic heterocycles. The quantitative estimate of drug-likeness (QED) is 0.670. The Morgan fingerprint density at radius 1 is 1.17 bits per heavy atom. The molecule has 1 heterocycles. The van der Waals surface area contributed by atoms with Crippen LogP contribution in [0.5, 0.6) is 5.88 Å². The lowest BCUT2D eigenvalue weighted by molar-refractivity contribution is -0.114. The molecule has 0 aliphatic carbocycles. The number of fused-ring (bicyclic) bond motifs is 1. The Morgan fingerprint density at radius 3 is 2.52 bits per heavy atom. The van der Waals surface area contributed by atoms with Gasteiger partial charge in [0.05, 0.1) is 10.4 Å². The summed E-state index contributed by atoms with van der Waals surface area (Å²) in [7, 11) is 1.34. The van der Waals surface area contributed by atoms with Gasteiger partial charge in [-0.3, -0.25) is 4.79 Å². The summed E-state index contributed by atoms with van der Waals surface area (Å²) in [5.41, 5.74) is 3.35. The summed E-state index contributed by atoms with van der Waals surface area (Å²) in [4.78, 5) is 12.0. The number of nitrogens with zero attached hydrogens (tertiary/aromatic N) is 2. The summed E-state index contributed by atoms with van der Waals surface area (Å²) in [6.07, 6.45) is 0. The summed E-state index contributed by atoms with van der Waals surface area (Å²) in [6.45, 7) is 3.61. The zero-order chi connectivity index (χ0) is 21.3. The number of hydrogen-bond donors (Lipinski definition) is 1. The van der Waals surface area contributed by atoms with Crippen LogP contribution in [0.4, 0.5) is 5.69 Å². The molecule has 0 atom stereocenters. The second kappa shape index (κ2) is 7.88. The highest BCUT2D eigenvalue weighted by atomic mass is 32.2. The minimum absolute atomic E-state index is 0.159. The molecule has 154 valence electrons. The summed E-state index contributed by atoms with van der Waals surface area (Å²) in [6, 6.07) is 12.5. The number of nitrogens with one attached hydrogen (secondary N) is 1. The Balaban J connectivity index is 1.99. The van der Waals surface area contributed by atoms with Gasteiger partial charge in [-0.05, 0) is 30.2 Å². The molecule has 29 heavy (non-hydrogen) atoms. The minimum Gasteiger partial charge on any atom is -0.472 e. The monoisotopic (exact) mass is 415 g/mol. The summed E-state index contributed by atoms with van der Waals surface area (Å²) in [5.74, 6) is 0.327. The predicted molar refractivity (Wildman–Crippen MR) is 114 cm³/mol. The molecule has 0 spiro atoms. The van der Waals surface area contributed by atoms with E-state index in [4.69, 9.17) is 4.74 Å². The van der Waals surface area contributed by atoms with Gasteiger partial charge in [0.2, 0.25) is 21.8 Å². The Labute approximate surface area is 170 Å². The number of para-hydroxylation sites is 1. The zero-order valence-corrected chi connectivity index (χ0v) is 18.0. The van der Waals surface area contributed by atoms with Crippen molar-refractivity contribution in [3.63, 3.8) is 0 Å². The van der Waals surface area contributed by atoms with E-state index in [1.807, 2.05) is 36.7 Å². The number of sulfonamides is 1. The van der Waals surface area contributed by atoms with Crippen molar-refractivity contribution < 1.29 is 17.9 Å². The van der Waals surface area contributed by atoms with Crippen LogP contribution < -0.4 is 10.1 Å². The summed E-state index contributed by atoms with van der Waals surface area (Å²) >= 11 is 0. The average molecular weight is 416 g/mol. The van der Waals surface area contributed by atoms with Crippen molar-refractivity contribution in [2.24, 2.45) is 7.05 Å². The highest BCUT2D eigenvalue weighted by Gasteiger charge is 2.20. The van der Waals surface area contributed by atoms with Gasteiger partial charge in [0.15, 0.2) is 0 Å². The van der Waals surface area contributed by atoms with E-state index >= 15 is 0 Å². The molecule has 0 saturated carbocycles. The Hall–Kier alpha value is -2.84. The van der Waals surface area contributed by atoms with E-state index in [1.165, 1.54) is 25.3 Å². The molecular weight excluding hydrogens is 390 g/mol. The van der Waals surface area contributed by atoms with Gasteiger partial charge in [-0.15, -0.1) is 0 Å². The van der Waals surface area contributed by atoms with Crippen LogP contribution in [0, 0.1) is 6.92 Å². The van der Waals surface area contributed by atoms with E-state index in [2.05, 4.69) is 5.32 Å². The number of anilines is 1. The van der Waals surface area contributed by atoms with Crippen LogP contribution in [0.1, 0.15) is 18.1 Å². The third-order valence-corrected chi connectivity index (χ3v) is 6.53. The molecule has 3 aromatic rings. The van der Waals surface area contributed by atoms with Crippen LogP contribution >= 0.6 is 0 Å². The number of amides is 1. The Bertz CT molecular complexity index is 1180. The number of rotatable bonds is 6. The van der Waals surface area contributed by atoms with E-state index in [0.29, 0.717) is 17.1 Å².